The van der Waals surface area contributed by atoms with Gasteiger partial charge in [0.15, 0.2) is 6.10 Å². The van der Waals surface area contributed by atoms with Crippen LogP contribution in [-0.4, -0.2) is 110 Å². The number of allylic oxidation sites excluding steroid dienone is 19. The van der Waals surface area contributed by atoms with Crippen molar-refractivity contribution in [2.45, 2.75) is 172 Å². The molecule has 0 spiro atoms. The summed E-state index contributed by atoms with van der Waals surface area (Å²) in [5.74, 6) is -1.30. The average Bonchev–Trinajstić information content (AvgIpc) is 3.29. The van der Waals surface area contributed by atoms with Crippen LogP contribution in [0.15, 0.2) is 122 Å². The molecular weight excluding hydrogens is 868 g/mol. The fourth-order valence-corrected chi connectivity index (χ4v) is 7.11. The maximum atomic E-state index is 12.8. The highest BCUT2D eigenvalue weighted by Crippen LogP contribution is 2.47. The van der Waals surface area contributed by atoms with E-state index >= 15 is 0 Å². The minimum absolute atomic E-state index is 0.0523. The van der Waals surface area contributed by atoms with E-state index in [0.29, 0.717) is 32.1 Å². The highest BCUT2D eigenvalue weighted by atomic mass is 31.2. The van der Waals surface area contributed by atoms with E-state index in [-0.39, 0.29) is 18.9 Å². The number of carbonyl (C=O) groups excluding carboxylic acids is 2. The van der Waals surface area contributed by atoms with Crippen LogP contribution >= 0.6 is 7.82 Å². The van der Waals surface area contributed by atoms with Gasteiger partial charge in [0.05, 0.1) is 12.7 Å². The Morgan fingerprint density at radius 2 is 0.970 bits per heavy atom. The van der Waals surface area contributed by atoms with Crippen LogP contribution in [-0.2, 0) is 32.7 Å². The number of ether oxygens (including phenoxy) is 2. The molecule has 0 aromatic heterocycles. The molecule has 0 amide bonds. The van der Waals surface area contributed by atoms with Gasteiger partial charge in [-0.1, -0.05) is 142 Å². The number of unbranched alkanes of at least 4 members (excludes halogenated alkanes) is 1. The Kier molecular flexibility index (Phi) is 35.8. The van der Waals surface area contributed by atoms with Gasteiger partial charge in [0.2, 0.25) is 0 Å². The summed E-state index contributed by atoms with van der Waals surface area (Å²) in [4.78, 5) is 35.7. The van der Waals surface area contributed by atoms with E-state index in [1.54, 1.807) is 0 Å². The largest absolute Gasteiger partial charge is 0.472 e. The van der Waals surface area contributed by atoms with E-state index < -0.39 is 75.7 Å². The standard InChI is InChI=1S/C51H79O14P/c1-3-5-6-7-8-9-10-11-12-13-14-15-16-19-23-26-29-32-35-39-45(54)64-43(41-63-66(60,61)65-51-49(58)47(56)46(55)48(57)50(51)59)40-62-44(53)38-34-31-28-25-22-20-17-18-21-24-27-30-33-37-42(52)36-4-2/h5-6,8-9,11-12,14-15,17,19-21,23-25,28-30,32-33,42-43,46-52,55-59H,3-4,7,10,13,16,18,22,26-27,31,34-41H2,1-2H3,(H,60,61)/b6-5-,9-8-,12-11-,15-14-,20-17-,23-19-,24-21-,28-25-,32-29-,33-30-/t42?,43-,46?,47-,48+,49-,50-,51?/m1/s1. The van der Waals surface area contributed by atoms with Gasteiger partial charge in [0.1, 0.15) is 43.2 Å². The highest BCUT2D eigenvalue weighted by molar-refractivity contribution is 7.47. The normalized spacial score (nSPS) is 22.9. The minimum Gasteiger partial charge on any atom is -0.462 e. The molecule has 0 saturated heterocycles. The van der Waals surface area contributed by atoms with E-state index in [9.17, 15) is 49.7 Å². The summed E-state index contributed by atoms with van der Waals surface area (Å²) in [6.07, 6.45) is 39.0. The third-order valence-corrected chi connectivity index (χ3v) is 10.8. The maximum Gasteiger partial charge on any atom is 0.472 e. The van der Waals surface area contributed by atoms with Crippen LogP contribution in [0.25, 0.3) is 0 Å². The summed E-state index contributed by atoms with van der Waals surface area (Å²) in [5, 5.41) is 59.9. The smallest absolute Gasteiger partial charge is 0.462 e. The van der Waals surface area contributed by atoms with E-state index in [1.165, 1.54) is 0 Å². The van der Waals surface area contributed by atoms with Crippen molar-refractivity contribution in [3.63, 3.8) is 0 Å². The quantitative estimate of drug-likeness (QED) is 0.0136. The Morgan fingerprint density at radius 1 is 0.545 bits per heavy atom. The molecule has 66 heavy (non-hydrogen) atoms. The monoisotopic (exact) mass is 947 g/mol. The van der Waals surface area contributed by atoms with E-state index in [4.69, 9.17) is 18.5 Å². The van der Waals surface area contributed by atoms with Crippen molar-refractivity contribution in [3.8, 4) is 0 Å². The van der Waals surface area contributed by atoms with Crippen molar-refractivity contribution in [2.75, 3.05) is 13.2 Å². The first kappa shape index (κ1) is 60.2. The molecule has 0 radical (unpaired) electrons. The Bertz CT molecular complexity index is 1630. The topological polar surface area (TPSA) is 230 Å². The minimum atomic E-state index is -5.17. The van der Waals surface area contributed by atoms with Crippen LogP contribution in [0.2, 0.25) is 0 Å². The number of aliphatic hydroxyl groups excluding tert-OH is 6. The number of aliphatic hydroxyl groups is 6. The third kappa shape index (κ3) is 31.2. The number of hydrogen-bond donors (Lipinski definition) is 7. The molecule has 1 aliphatic rings. The third-order valence-electron chi connectivity index (χ3n) is 9.86. The Hall–Kier alpha value is -3.79. The number of phosphoric acid groups is 1. The van der Waals surface area contributed by atoms with Gasteiger partial charge >= 0.3 is 19.8 Å². The van der Waals surface area contributed by atoms with Crippen LogP contribution in [0.5, 0.6) is 0 Å². The molecule has 1 rings (SSSR count). The summed E-state index contributed by atoms with van der Waals surface area (Å²) < 4.78 is 33.4. The van der Waals surface area contributed by atoms with Gasteiger partial charge in [-0.15, -0.1) is 0 Å². The second-order valence-electron chi connectivity index (χ2n) is 15.7. The average molecular weight is 947 g/mol. The van der Waals surface area contributed by atoms with Crippen LogP contribution in [0.1, 0.15) is 123 Å². The molecule has 0 bridgehead atoms. The molecule has 1 fully saturated rings. The Labute approximate surface area is 393 Å². The number of carbonyl (C=O) groups is 2. The summed E-state index contributed by atoms with van der Waals surface area (Å²) in [7, 11) is -5.17. The van der Waals surface area contributed by atoms with Crippen molar-refractivity contribution in [1.82, 2.24) is 0 Å². The Morgan fingerprint density at radius 3 is 1.44 bits per heavy atom. The predicted octanol–water partition coefficient (Wildman–Crippen LogP) is 8.36. The van der Waals surface area contributed by atoms with Crippen LogP contribution in [0.3, 0.4) is 0 Å². The maximum absolute atomic E-state index is 12.8. The number of hydrogen-bond acceptors (Lipinski definition) is 13. The zero-order valence-corrected chi connectivity index (χ0v) is 39.9. The summed E-state index contributed by atoms with van der Waals surface area (Å²) in [6.45, 7) is 2.86. The van der Waals surface area contributed by atoms with E-state index in [1.807, 2.05) is 48.6 Å². The molecule has 0 aliphatic heterocycles. The van der Waals surface area contributed by atoms with Crippen LogP contribution in [0, 0.1) is 0 Å². The van der Waals surface area contributed by atoms with Gasteiger partial charge in [-0.05, 0) is 89.9 Å². The molecular formula is C51H79O14P. The molecule has 7 N–H and O–H groups in total. The predicted molar refractivity (Wildman–Crippen MR) is 259 cm³/mol. The lowest BCUT2D eigenvalue weighted by Crippen LogP contribution is -2.64. The summed E-state index contributed by atoms with van der Waals surface area (Å²) in [6, 6.07) is 0. The number of phosphoric ester groups is 1. The molecule has 9 atom stereocenters. The van der Waals surface area contributed by atoms with Crippen LogP contribution < -0.4 is 0 Å². The van der Waals surface area contributed by atoms with Crippen molar-refractivity contribution < 1.29 is 68.2 Å². The lowest BCUT2D eigenvalue weighted by molar-refractivity contribution is -0.220. The second-order valence-corrected chi connectivity index (χ2v) is 17.1. The lowest BCUT2D eigenvalue weighted by Gasteiger charge is -2.41. The summed E-state index contributed by atoms with van der Waals surface area (Å²) >= 11 is 0. The fourth-order valence-electron chi connectivity index (χ4n) is 6.14. The SMILES string of the molecule is CC/C=C\C/C=C\C/C=C\C/C=C\C/C=C\C/C=C\CCC(=O)O[C@H](COC(=O)CCC/C=C\C/C=C\C/C=C\C/C=C\CC(O)CCC)COP(=O)(O)OC1[C@H](O)[C@H](O)C(O)[C@H](O)[C@H]1O. The molecule has 0 aromatic carbocycles. The molecule has 1 aliphatic carbocycles. The first-order chi connectivity index (χ1) is 31.8. The zero-order valence-electron chi connectivity index (χ0n) is 39.0. The van der Waals surface area contributed by atoms with Gasteiger partial charge in [-0.2, -0.15) is 0 Å². The first-order valence-corrected chi connectivity index (χ1v) is 24.9. The number of esters is 2. The molecule has 15 heteroatoms. The van der Waals surface area contributed by atoms with Crippen molar-refractivity contribution in [1.29, 1.82) is 0 Å². The highest BCUT2D eigenvalue weighted by Gasteiger charge is 2.51. The lowest BCUT2D eigenvalue weighted by atomic mass is 9.85. The molecule has 0 aromatic rings. The van der Waals surface area contributed by atoms with Crippen molar-refractivity contribution in [2.24, 2.45) is 0 Å². The molecule has 14 nitrogen and oxygen atoms in total. The molecule has 4 unspecified atom stereocenters. The van der Waals surface area contributed by atoms with E-state index in [2.05, 4.69) is 86.8 Å². The molecule has 372 valence electrons. The van der Waals surface area contributed by atoms with Gasteiger partial charge < -0.3 is 45.0 Å². The number of rotatable bonds is 36. The van der Waals surface area contributed by atoms with Gasteiger partial charge in [0, 0.05) is 12.8 Å². The van der Waals surface area contributed by atoms with Crippen molar-refractivity contribution in [3.05, 3.63) is 122 Å². The van der Waals surface area contributed by atoms with Gasteiger partial charge in [-0.25, -0.2) is 4.57 Å². The van der Waals surface area contributed by atoms with Crippen molar-refractivity contribution >= 4 is 19.8 Å². The molecule has 0 heterocycles. The molecule has 1 saturated carbocycles. The van der Waals surface area contributed by atoms with E-state index in [0.717, 1.165) is 64.2 Å². The summed E-state index contributed by atoms with van der Waals surface area (Å²) in [5.41, 5.74) is 0. The Balaban J connectivity index is 2.57. The van der Waals surface area contributed by atoms with Crippen LogP contribution in [0.4, 0.5) is 0 Å². The fraction of sp³-hybridized carbons (Fsp3) is 0.569. The second kappa shape index (κ2) is 39.2. The van der Waals surface area contributed by atoms with Gasteiger partial charge in [0.25, 0.3) is 0 Å². The zero-order chi connectivity index (χ0) is 48.7. The van der Waals surface area contributed by atoms with Gasteiger partial charge in [-0.3, -0.25) is 18.6 Å². The first-order valence-electron chi connectivity index (χ1n) is 23.4.